The number of fused-ring (bicyclic) bond motifs is 1. The number of anilines is 1. The third-order valence-electron chi connectivity index (χ3n) is 5.47. The number of hydrogen-bond donors (Lipinski definition) is 2. The van der Waals surface area contributed by atoms with Crippen molar-refractivity contribution in [2.45, 2.75) is 51.0 Å². The molecule has 1 atom stereocenters. The highest BCUT2D eigenvalue weighted by molar-refractivity contribution is 9.10. The number of imidazole rings is 1. The summed E-state index contributed by atoms with van der Waals surface area (Å²) < 4.78 is 1.04. The fourth-order valence-corrected chi connectivity index (χ4v) is 4.43. The summed E-state index contributed by atoms with van der Waals surface area (Å²) in [7, 11) is 0. The number of rotatable bonds is 3. The summed E-state index contributed by atoms with van der Waals surface area (Å²) in [5.74, 6) is 1.18. The van der Waals surface area contributed by atoms with Crippen LogP contribution in [-0.2, 0) is 4.79 Å². The Morgan fingerprint density at radius 2 is 2.04 bits per heavy atom. The highest BCUT2D eigenvalue weighted by atomic mass is 79.9. The largest absolute Gasteiger partial charge is 0.353 e. The van der Waals surface area contributed by atoms with Crippen LogP contribution in [0.2, 0.25) is 0 Å². The number of amides is 1. The number of nitrogens with zero attached hydrogens (tertiary/aromatic N) is 2. The van der Waals surface area contributed by atoms with Crippen LogP contribution in [0.5, 0.6) is 0 Å². The van der Waals surface area contributed by atoms with Gasteiger partial charge < -0.3 is 15.2 Å². The number of halogens is 1. The lowest BCUT2D eigenvalue weighted by Gasteiger charge is -2.33. The number of carbonyl (C=O) groups excluding carboxylic acids is 1. The quantitative estimate of drug-likeness (QED) is 0.812. The smallest absolute Gasteiger partial charge is 0.225 e. The summed E-state index contributed by atoms with van der Waals surface area (Å²) in [6, 6.07) is 6.45. The zero-order valence-corrected chi connectivity index (χ0v) is 16.0. The maximum absolute atomic E-state index is 12.7. The van der Waals surface area contributed by atoms with Gasteiger partial charge in [0.05, 0.1) is 17.0 Å². The summed E-state index contributed by atoms with van der Waals surface area (Å²) in [6.45, 7) is 1.70. The molecule has 1 aromatic carbocycles. The van der Waals surface area contributed by atoms with Gasteiger partial charge in [-0.2, -0.15) is 0 Å². The fourth-order valence-electron chi connectivity index (χ4n) is 4.07. The minimum absolute atomic E-state index is 0.0654. The molecule has 1 aliphatic carbocycles. The van der Waals surface area contributed by atoms with E-state index in [-0.39, 0.29) is 11.8 Å². The number of aromatic nitrogens is 2. The van der Waals surface area contributed by atoms with E-state index in [1.165, 1.54) is 19.3 Å². The molecule has 134 valence electrons. The molecule has 5 nitrogen and oxygen atoms in total. The highest BCUT2D eigenvalue weighted by Crippen LogP contribution is 2.26. The lowest BCUT2D eigenvalue weighted by atomic mass is 9.93. The number of carbonyl (C=O) groups is 1. The van der Waals surface area contributed by atoms with Crippen molar-refractivity contribution < 1.29 is 4.79 Å². The van der Waals surface area contributed by atoms with Crippen molar-refractivity contribution in [3.05, 3.63) is 22.7 Å². The third-order valence-corrected chi connectivity index (χ3v) is 5.97. The first-order valence-corrected chi connectivity index (χ1v) is 10.2. The highest BCUT2D eigenvalue weighted by Gasteiger charge is 2.29. The van der Waals surface area contributed by atoms with Gasteiger partial charge in [0.15, 0.2) is 0 Å². The van der Waals surface area contributed by atoms with E-state index >= 15 is 0 Å². The molecule has 2 N–H and O–H groups in total. The van der Waals surface area contributed by atoms with Crippen molar-refractivity contribution in [2.24, 2.45) is 5.92 Å². The standard InChI is InChI=1S/C19H25BrN4O/c20-14-8-9-16-17(11-14)23-19(22-16)24-10-4-5-13(12-24)18(25)21-15-6-2-1-3-7-15/h8-9,11,13,15H,1-7,10,12H2,(H,21,25)(H,22,23). The van der Waals surface area contributed by atoms with E-state index < -0.39 is 0 Å². The average molecular weight is 405 g/mol. The van der Waals surface area contributed by atoms with Crippen LogP contribution in [0.1, 0.15) is 44.9 Å². The molecule has 1 saturated carbocycles. The van der Waals surface area contributed by atoms with Crippen LogP contribution < -0.4 is 10.2 Å². The zero-order chi connectivity index (χ0) is 17.2. The van der Waals surface area contributed by atoms with Crippen LogP contribution in [0, 0.1) is 5.92 Å². The fraction of sp³-hybridized carbons (Fsp3) is 0.579. The van der Waals surface area contributed by atoms with Gasteiger partial charge in [0.2, 0.25) is 11.9 Å². The van der Waals surface area contributed by atoms with E-state index in [1.807, 2.05) is 18.2 Å². The SMILES string of the molecule is O=C(NC1CCCCC1)C1CCCN(c2nc3ccc(Br)cc3[nH]2)C1. The lowest BCUT2D eigenvalue weighted by Crippen LogP contribution is -2.46. The molecule has 0 bridgehead atoms. The van der Waals surface area contributed by atoms with Crippen LogP contribution >= 0.6 is 15.9 Å². The van der Waals surface area contributed by atoms with E-state index in [1.54, 1.807) is 0 Å². The minimum Gasteiger partial charge on any atom is -0.353 e. The van der Waals surface area contributed by atoms with Gasteiger partial charge in [-0.3, -0.25) is 4.79 Å². The van der Waals surface area contributed by atoms with Crippen LogP contribution in [0.15, 0.2) is 22.7 Å². The van der Waals surface area contributed by atoms with Crippen LogP contribution in [-0.4, -0.2) is 35.0 Å². The van der Waals surface area contributed by atoms with Gasteiger partial charge in [0.25, 0.3) is 0 Å². The molecular weight excluding hydrogens is 380 g/mol. The molecule has 1 amide bonds. The number of benzene rings is 1. The van der Waals surface area contributed by atoms with Gasteiger partial charge >= 0.3 is 0 Å². The maximum atomic E-state index is 12.7. The van der Waals surface area contributed by atoms with Crippen molar-refractivity contribution in [1.82, 2.24) is 15.3 Å². The number of aromatic amines is 1. The topological polar surface area (TPSA) is 61.0 Å². The Bertz CT molecular complexity index is 753. The Labute approximate surface area is 156 Å². The van der Waals surface area contributed by atoms with Crippen LogP contribution in [0.25, 0.3) is 11.0 Å². The molecule has 2 heterocycles. The first kappa shape index (κ1) is 16.9. The van der Waals surface area contributed by atoms with E-state index in [4.69, 9.17) is 4.98 Å². The van der Waals surface area contributed by atoms with E-state index in [9.17, 15) is 4.79 Å². The van der Waals surface area contributed by atoms with Crippen LogP contribution in [0.3, 0.4) is 0 Å². The second kappa shape index (κ2) is 7.36. The van der Waals surface area contributed by atoms with Crippen LogP contribution in [0.4, 0.5) is 5.95 Å². The summed E-state index contributed by atoms with van der Waals surface area (Å²) in [4.78, 5) is 23.0. The second-order valence-corrected chi connectivity index (χ2v) is 8.27. The van der Waals surface area contributed by atoms with E-state index in [0.29, 0.717) is 6.04 Å². The normalized spacial score (nSPS) is 22.3. The molecule has 25 heavy (non-hydrogen) atoms. The van der Waals surface area contributed by atoms with Gasteiger partial charge in [-0.1, -0.05) is 35.2 Å². The molecule has 1 aromatic heterocycles. The Kier molecular flexibility index (Phi) is 4.97. The average Bonchev–Trinajstić information content (AvgIpc) is 3.06. The molecule has 0 spiro atoms. The number of nitrogens with one attached hydrogen (secondary N) is 2. The molecule has 2 fully saturated rings. The van der Waals surface area contributed by atoms with Crippen molar-refractivity contribution >= 4 is 38.8 Å². The molecule has 1 saturated heterocycles. The number of piperidine rings is 1. The zero-order valence-electron chi connectivity index (χ0n) is 14.4. The first-order chi connectivity index (χ1) is 12.2. The first-order valence-electron chi connectivity index (χ1n) is 9.39. The minimum atomic E-state index is 0.0654. The Morgan fingerprint density at radius 3 is 2.88 bits per heavy atom. The lowest BCUT2D eigenvalue weighted by molar-refractivity contribution is -0.126. The molecule has 1 aliphatic heterocycles. The van der Waals surface area contributed by atoms with E-state index in [2.05, 4.69) is 31.1 Å². The van der Waals surface area contributed by atoms with E-state index in [0.717, 1.165) is 60.2 Å². The number of H-pyrrole nitrogens is 1. The van der Waals surface area contributed by atoms with Gasteiger partial charge in [-0.25, -0.2) is 4.98 Å². The van der Waals surface area contributed by atoms with Gasteiger partial charge in [0.1, 0.15) is 0 Å². The van der Waals surface area contributed by atoms with Crippen molar-refractivity contribution in [3.8, 4) is 0 Å². The van der Waals surface area contributed by atoms with Crippen molar-refractivity contribution in [2.75, 3.05) is 18.0 Å². The Hall–Kier alpha value is -1.56. The number of hydrogen-bond acceptors (Lipinski definition) is 3. The summed E-state index contributed by atoms with van der Waals surface area (Å²) >= 11 is 3.50. The Balaban J connectivity index is 1.43. The predicted octanol–water partition coefficient (Wildman–Crippen LogP) is 3.99. The molecular formula is C19H25BrN4O. The predicted molar refractivity (Wildman–Crippen MR) is 104 cm³/mol. The second-order valence-electron chi connectivity index (χ2n) is 7.35. The maximum Gasteiger partial charge on any atom is 0.225 e. The van der Waals surface area contributed by atoms with Gasteiger partial charge in [-0.15, -0.1) is 0 Å². The van der Waals surface area contributed by atoms with Gasteiger partial charge in [-0.05, 0) is 43.9 Å². The molecule has 0 radical (unpaired) electrons. The molecule has 1 unspecified atom stereocenters. The molecule has 2 aromatic rings. The van der Waals surface area contributed by atoms with Gasteiger partial charge in [0, 0.05) is 23.6 Å². The molecule has 4 rings (SSSR count). The monoisotopic (exact) mass is 404 g/mol. The summed E-state index contributed by atoms with van der Waals surface area (Å²) in [5, 5.41) is 3.29. The summed E-state index contributed by atoms with van der Waals surface area (Å²) in [5.41, 5.74) is 1.99. The Morgan fingerprint density at radius 1 is 1.20 bits per heavy atom. The molecule has 6 heteroatoms. The van der Waals surface area contributed by atoms with Crippen molar-refractivity contribution in [3.63, 3.8) is 0 Å². The third kappa shape index (κ3) is 3.84. The summed E-state index contributed by atoms with van der Waals surface area (Å²) in [6.07, 6.45) is 8.09. The van der Waals surface area contributed by atoms with Crippen molar-refractivity contribution in [1.29, 1.82) is 0 Å². The molecule has 2 aliphatic rings.